The maximum atomic E-state index is 11.7. The Morgan fingerprint density at radius 1 is 1.14 bits per heavy atom. The van der Waals surface area contributed by atoms with Gasteiger partial charge in [-0.15, -0.1) is 0 Å². The molecule has 0 aromatic rings. The fourth-order valence-electron chi connectivity index (χ4n) is 1.37. The molecule has 1 unspecified atom stereocenters. The van der Waals surface area contributed by atoms with Crippen molar-refractivity contribution >= 4 is 11.7 Å². The molecule has 0 aliphatic rings. The Morgan fingerprint density at radius 3 is 1.93 bits per heavy atom. The summed E-state index contributed by atoms with van der Waals surface area (Å²) in [6.45, 7) is 9.25. The fourth-order valence-corrected chi connectivity index (χ4v) is 1.37. The lowest BCUT2D eigenvalue weighted by Gasteiger charge is -2.20. The molecular formula is C11H21NO2. The van der Waals surface area contributed by atoms with E-state index in [9.17, 15) is 9.59 Å². The maximum Gasteiger partial charge on any atom is 0.217 e. The van der Waals surface area contributed by atoms with Crippen molar-refractivity contribution in [2.24, 2.45) is 11.8 Å². The van der Waals surface area contributed by atoms with E-state index in [0.717, 1.165) is 6.42 Å². The minimum absolute atomic E-state index is 0.0226. The minimum atomic E-state index is -0.313. The van der Waals surface area contributed by atoms with Crippen molar-refractivity contribution in [2.75, 3.05) is 0 Å². The van der Waals surface area contributed by atoms with E-state index in [1.165, 1.54) is 6.92 Å². The van der Waals surface area contributed by atoms with Gasteiger partial charge in [0.25, 0.3) is 0 Å². The molecule has 0 radical (unpaired) electrons. The van der Waals surface area contributed by atoms with Gasteiger partial charge in [0.15, 0.2) is 5.78 Å². The van der Waals surface area contributed by atoms with Crippen molar-refractivity contribution < 1.29 is 9.59 Å². The van der Waals surface area contributed by atoms with E-state index in [0.29, 0.717) is 5.92 Å². The number of nitrogens with one attached hydrogen (secondary N) is 1. The standard InChI is InChI=1S/C11H21NO2/c1-7(2)6-10(12-9(5)13)11(14)8(3)4/h7-8,10H,6H2,1-5H3,(H,12,13). The molecule has 0 saturated carbocycles. The molecule has 3 heteroatoms. The first-order valence-electron chi connectivity index (χ1n) is 5.15. The highest BCUT2D eigenvalue weighted by Crippen LogP contribution is 2.10. The molecule has 0 heterocycles. The Balaban J connectivity index is 4.38. The van der Waals surface area contributed by atoms with Crippen LogP contribution in [0.1, 0.15) is 41.0 Å². The van der Waals surface area contributed by atoms with Gasteiger partial charge in [-0.05, 0) is 12.3 Å². The molecule has 0 bridgehead atoms. The molecule has 0 aromatic carbocycles. The van der Waals surface area contributed by atoms with Crippen LogP contribution in [0.4, 0.5) is 0 Å². The predicted molar refractivity (Wildman–Crippen MR) is 56.9 cm³/mol. The van der Waals surface area contributed by atoms with Gasteiger partial charge in [0.1, 0.15) is 0 Å². The molecule has 82 valence electrons. The van der Waals surface area contributed by atoms with Crippen molar-refractivity contribution in [3.63, 3.8) is 0 Å². The number of rotatable bonds is 5. The largest absolute Gasteiger partial charge is 0.347 e. The van der Waals surface area contributed by atoms with Gasteiger partial charge in [0.05, 0.1) is 6.04 Å². The Morgan fingerprint density at radius 2 is 1.64 bits per heavy atom. The number of hydrogen-bond acceptors (Lipinski definition) is 2. The normalized spacial score (nSPS) is 13.1. The summed E-state index contributed by atoms with van der Waals surface area (Å²) in [7, 11) is 0. The van der Waals surface area contributed by atoms with E-state index in [-0.39, 0.29) is 23.7 Å². The van der Waals surface area contributed by atoms with Crippen molar-refractivity contribution in [3.8, 4) is 0 Å². The zero-order valence-electron chi connectivity index (χ0n) is 9.76. The van der Waals surface area contributed by atoms with E-state index in [2.05, 4.69) is 5.32 Å². The van der Waals surface area contributed by atoms with Crippen LogP contribution in [-0.4, -0.2) is 17.7 Å². The number of carbonyl (C=O) groups excluding carboxylic acids is 2. The molecule has 14 heavy (non-hydrogen) atoms. The summed E-state index contributed by atoms with van der Waals surface area (Å²) in [6, 6.07) is -0.313. The second kappa shape index (κ2) is 5.78. The van der Waals surface area contributed by atoms with Gasteiger partial charge in [-0.2, -0.15) is 0 Å². The monoisotopic (exact) mass is 199 g/mol. The van der Waals surface area contributed by atoms with Crippen LogP contribution in [0.15, 0.2) is 0 Å². The first kappa shape index (κ1) is 13.1. The van der Waals surface area contributed by atoms with Crippen LogP contribution in [0.25, 0.3) is 0 Å². The SMILES string of the molecule is CC(=O)NC(CC(C)C)C(=O)C(C)C. The molecule has 0 saturated heterocycles. The number of Topliss-reactive ketones (excluding diaryl/α,β-unsaturated/α-hetero) is 1. The van der Waals surface area contributed by atoms with E-state index in [1.54, 1.807) is 0 Å². The highest BCUT2D eigenvalue weighted by atomic mass is 16.2. The zero-order valence-corrected chi connectivity index (χ0v) is 9.76. The van der Waals surface area contributed by atoms with Crippen LogP contribution in [0, 0.1) is 11.8 Å². The molecule has 3 nitrogen and oxygen atoms in total. The zero-order chi connectivity index (χ0) is 11.3. The van der Waals surface area contributed by atoms with Crippen molar-refractivity contribution in [1.29, 1.82) is 0 Å². The van der Waals surface area contributed by atoms with Gasteiger partial charge in [-0.3, -0.25) is 9.59 Å². The number of carbonyl (C=O) groups is 2. The summed E-state index contributed by atoms with van der Waals surface area (Å²) in [5.41, 5.74) is 0. The third-order valence-electron chi connectivity index (χ3n) is 2.00. The molecule has 0 rings (SSSR count). The third-order valence-corrected chi connectivity index (χ3v) is 2.00. The molecule has 0 aliphatic carbocycles. The van der Waals surface area contributed by atoms with E-state index in [1.807, 2.05) is 27.7 Å². The first-order valence-corrected chi connectivity index (χ1v) is 5.15. The summed E-state index contributed by atoms with van der Waals surface area (Å²) in [5.74, 6) is 0.374. The smallest absolute Gasteiger partial charge is 0.217 e. The van der Waals surface area contributed by atoms with E-state index < -0.39 is 0 Å². The van der Waals surface area contributed by atoms with Gasteiger partial charge in [0.2, 0.25) is 5.91 Å². The number of amides is 1. The third kappa shape index (κ3) is 5.00. The van der Waals surface area contributed by atoms with Crippen molar-refractivity contribution in [3.05, 3.63) is 0 Å². The molecule has 0 aromatic heterocycles. The summed E-state index contributed by atoms with van der Waals surface area (Å²) in [6.07, 6.45) is 0.719. The Kier molecular flexibility index (Phi) is 5.43. The Labute approximate surface area is 86.3 Å². The van der Waals surface area contributed by atoms with Gasteiger partial charge in [0, 0.05) is 12.8 Å². The molecule has 0 spiro atoms. The second-order valence-corrected chi connectivity index (χ2v) is 4.44. The van der Waals surface area contributed by atoms with Gasteiger partial charge in [-0.25, -0.2) is 0 Å². The van der Waals surface area contributed by atoms with Crippen LogP contribution in [0.5, 0.6) is 0 Å². The molecule has 1 atom stereocenters. The van der Waals surface area contributed by atoms with Crippen LogP contribution in [-0.2, 0) is 9.59 Å². The average molecular weight is 199 g/mol. The fraction of sp³-hybridized carbons (Fsp3) is 0.818. The van der Waals surface area contributed by atoms with Gasteiger partial charge in [-0.1, -0.05) is 27.7 Å². The summed E-state index contributed by atoms with van der Waals surface area (Å²) in [4.78, 5) is 22.6. The topological polar surface area (TPSA) is 46.2 Å². The highest BCUT2D eigenvalue weighted by molar-refractivity contribution is 5.89. The number of ketones is 1. The van der Waals surface area contributed by atoms with E-state index >= 15 is 0 Å². The molecule has 1 N–H and O–H groups in total. The van der Waals surface area contributed by atoms with Crippen molar-refractivity contribution in [2.45, 2.75) is 47.1 Å². The molecular weight excluding hydrogens is 178 g/mol. The second-order valence-electron chi connectivity index (χ2n) is 4.44. The minimum Gasteiger partial charge on any atom is -0.347 e. The lowest BCUT2D eigenvalue weighted by molar-refractivity contribution is -0.129. The maximum absolute atomic E-state index is 11.7. The van der Waals surface area contributed by atoms with Crippen LogP contribution < -0.4 is 5.32 Å². The van der Waals surface area contributed by atoms with Crippen LogP contribution >= 0.6 is 0 Å². The van der Waals surface area contributed by atoms with Crippen molar-refractivity contribution in [1.82, 2.24) is 5.32 Å². The van der Waals surface area contributed by atoms with Crippen LogP contribution in [0.3, 0.4) is 0 Å². The van der Waals surface area contributed by atoms with Crippen LogP contribution in [0.2, 0.25) is 0 Å². The van der Waals surface area contributed by atoms with Gasteiger partial charge >= 0.3 is 0 Å². The summed E-state index contributed by atoms with van der Waals surface area (Å²) in [5, 5.41) is 2.70. The summed E-state index contributed by atoms with van der Waals surface area (Å²) >= 11 is 0. The molecule has 0 fully saturated rings. The van der Waals surface area contributed by atoms with E-state index in [4.69, 9.17) is 0 Å². The Bertz CT molecular complexity index is 209. The lowest BCUT2D eigenvalue weighted by Crippen LogP contribution is -2.42. The average Bonchev–Trinajstić information content (AvgIpc) is 1.99. The first-order chi connectivity index (χ1) is 6.34. The lowest BCUT2D eigenvalue weighted by atomic mass is 9.94. The molecule has 0 aliphatic heterocycles. The quantitative estimate of drug-likeness (QED) is 0.733. The molecule has 1 amide bonds. The summed E-state index contributed by atoms with van der Waals surface area (Å²) < 4.78 is 0. The number of hydrogen-bond donors (Lipinski definition) is 1. The highest BCUT2D eigenvalue weighted by Gasteiger charge is 2.22. The predicted octanol–water partition coefficient (Wildman–Crippen LogP) is 1.76. The Hall–Kier alpha value is -0.860. The van der Waals surface area contributed by atoms with Gasteiger partial charge < -0.3 is 5.32 Å².